The maximum absolute atomic E-state index is 12.5. The van der Waals surface area contributed by atoms with Gasteiger partial charge < -0.3 is 15.1 Å². The van der Waals surface area contributed by atoms with Crippen LogP contribution in [-0.2, 0) is 0 Å². The van der Waals surface area contributed by atoms with Gasteiger partial charge in [0.25, 0.3) is 0 Å². The summed E-state index contributed by atoms with van der Waals surface area (Å²) in [4.78, 5) is 18.9. The van der Waals surface area contributed by atoms with E-state index in [1.807, 2.05) is 30.9 Å². The summed E-state index contributed by atoms with van der Waals surface area (Å²) in [5, 5.41) is 3.57. The summed E-state index contributed by atoms with van der Waals surface area (Å²) in [6, 6.07) is 3.84. The number of halogens is 1. The maximum Gasteiger partial charge on any atom is 0.321 e. The van der Waals surface area contributed by atoms with Gasteiger partial charge in [-0.15, -0.1) is 0 Å². The second kappa shape index (κ2) is 7.99. The first-order chi connectivity index (χ1) is 10.9. The number of anilines is 1. The predicted octanol–water partition coefficient (Wildman–Crippen LogP) is 2.67. The second-order valence-electron chi connectivity index (χ2n) is 6.50. The van der Waals surface area contributed by atoms with Crippen LogP contribution in [0.2, 0.25) is 5.02 Å². The molecule has 1 aliphatic heterocycles. The molecule has 0 saturated carbocycles. The fourth-order valence-electron chi connectivity index (χ4n) is 2.78. The highest BCUT2D eigenvalue weighted by molar-refractivity contribution is 6.34. The van der Waals surface area contributed by atoms with E-state index < -0.39 is 0 Å². The minimum Gasteiger partial charge on any atom is -0.322 e. The van der Waals surface area contributed by atoms with E-state index in [4.69, 9.17) is 11.6 Å². The molecule has 6 heteroatoms. The van der Waals surface area contributed by atoms with Gasteiger partial charge >= 0.3 is 6.03 Å². The minimum absolute atomic E-state index is 0.0638. The van der Waals surface area contributed by atoms with Gasteiger partial charge in [0.15, 0.2) is 0 Å². The van der Waals surface area contributed by atoms with Crippen molar-refractivity contribution in [2.45, 2.75) is 13.8 Å². The zero-order valence-corrected chi connectivity index (χ0v) is 15.3. The molecular weight excluding hydrogens is 312 g/mol. The Morgan fingerprint density at radius 2 is 1.87 bits per heavy atom. The third-order valence-electron chi connectivity index (χ3n) is 4.19. The second-order valence-corrected chi connectivity index (χ2v) is 6.91. The molecule has 0 aromatic heterocycles. The van der Waals surface area contributed by atoms with Crippen LogP contribution in [0.15, 0.2) is 12.1 Å². The number of urea groups is 1. The van der Waals surface area contributed by atoms with Gasteiger partial charge in [-0.2, -0.15) is 0 Å². The average molecular weight is 339 g/mol. The van der Waals surface area contributed by atoms with Gasteiger partial charge in [0, 0.05) is 39.3 Å². The lowest BCUT2D eigenvalue weighted by Crippen LogP contribution is -2.51. The third kappa shape index (κ3) is 5.09. The van der Waals surface area contributed by atoms with E-state index in [-0.39, 0.29) is 6.03 Å². The molecule has 0 unspecified atom stereocenters. The number of hydrogen-bond acceptors (Lipinski definition) is 3. The van der Waals surface area contributed by atoms with E-state index in [2.05, 4.69) is 29.2 Å². The smallest absolute Gasteiger partial charge is 0.321 e. The number of nitrogens with one attached hydrogen (secondary N) is 1. The summed E-state index contributed by atoms with van der Waals surface area (Å²) < 4.78 is 0. The van der Waals surface area contributed by atoms with Gasteiger partial charge in [-0.25, -0.2) is 4.79 Å². The van der Waals surface area contributed by atoms with E-state index in [1.165, 1.54) is 0 Å². The number of amides is 2. The molecule has 1 N–H and O–H groups in total. The lowest BCUT2D eigenvalue weighted by atomic mass is 10.1. The number of nitrogens with zero attached hydrogens (tertiary/aromatic N) is 3. The fraction of sp³-hybridized carbons (Fsp3) is 0.588. The van der Waals surface area contributed by atoms with Crippen molar-refractivity contribution in [1.29, 1.82) is 0 Å². The number of rotatable bonds is 4. The van der Waals surface area contributed by atoms with Crippen LogP contribution in [0.25, 0.3) is 0 Å². The van der Waals surface area contributed by atoms with Gasteiger partial charge in [-0.3, -0.25) is 4.90 Å². The normalized spacial score (nSPS) is 16.0. The van der Waals surface area contributed by atoms with Crippen LogP contribution in [0.5, 0.6) is 0 Å². The highest BCUT2D eigenvalue weighted by Crippen LogP contribution is 2.27. The summed E-state index contributed by atoms with van der Waals surface area (Å²) >= 11 is 6.27. The van der Waals surface area contributed by atoms with Crippen LogP contribution in [0.1, 0.15) is 11.1 Å². The topological polar surface area (TPSA) is 38.8 Å². The Kier molecular flexibility index (Phi) is 6.27. The Bertz CT molecular complexity index is 531. The van der Waals surface area contributed by atoms with Crippen LogP contribution < -0.4 is 5.32 Å². The van der Waals surface area contributed by atoms with Gasteiger partial charge in [0.2, 0.25) is 0 Å². The van der Waals surface area contributed by atoms with Crippen LogP contribution >= 0.6 is 11.6 Å². The van der Waals surface area contributed by atoms with Crippen molar-refractivity contribution in [2.24, 2.45) is 0 Å². The molecule has 1 aromatic carbocycles. The Labute approximate surface area is 144 Å². The summed E-state index contributed by atoms with van der Waals surface area (Å²) in [6.45, 7) is 9.40. The van der Waals surface area contributed by atoms with Crippen molar-refractivity contribution < 1.29 is 4.79 Å². The van der Waals surface area contributed by atoms with Crippen molar-refractivity contribution >= 4 is 23.3 Å². The van der Waals surface area contributed by atoms with Crippen LogP contribution in [0.4, 0.5) is 10.5 Å². The summed E-state index contributed by atoms with van der Waals surface area (Å²) in [5.41, 5.74) is 2.81. The molecule has 2 rings (SSSR count). The molecule has 23 heavy (non-hydrogen) atoms. The average Bonchev–Trinajstić information content (AvgIpc) is 2.49. The molecule has 0 bridgehead atoms. The molecule has 1 aliphatic rings. The number of carbonyl (C=O) groups excluding carboxylic acids is 1. The summed E-state index contributed by atoms with van der Waals surface area (Å²) in [5.74, 6) is 0. The molecule has 0 aliphatic carbocycles. The Balaban J connectivity index is 1.88. The number of piperazine rings is 1. The van der Waals surface area contributed by atoms with Crippen molar-refractivity contribution in [3.05, 3.63) is 28.3 Å². The number of aryl methyl sites for hydroxylation is 2. The Hall–Kier alpha value is -1.30. The molecule has 128 valence electrons. The van der Waals surface area contributed by atoms with Crippen LogP contribution in [0.3, 0.4) is 0 Å². The lowest BCUT2D eigenvalue weighted by molar-refractivity contribution is 0.140. The molecule has 0 atom stereocenters. The zero-order chi connectivity index (χ0) is 17.0. The number of benzene rings is 1. The number of likely N-dealkylation sites (N-methyl/N-ethyl adjacent to an activating group) is 1. The first kappa shape index (κ1) is 18.0. The standard InChI is InChI=1S/C17H27ClN4O/c1-13-11-14(2)16(15(18)12-13)19-17(23)22-9-7-21(8-10-22)6-5-20(3)4/h11-12H,5-10H2,1-4H3,(H,19,23). The molecule has 1 fully saturated rings. The zero-order valence-electron chi connectivity index (χ0n) is 14.5. The van der Waals surface area contributed by atoms with E-state index in [9.17, 15) is 4.79 Å². The summed E-state index contributed by atoms with van der Waals surface area (Å²) in [6.07, 6.45) is 0. The van der Waals surface area contributed by atoms with Crippen molar-refractivity contribution in [3.63, 3.8) is 0 Å². The number of hydrogen-bond donors (Lipinski definition) is 1. The molecule has 1 heterocycles. The van der Waals surface area contributed by atoms with E-state index in [0.717, 1.165) is 56.1 Å². The van der Waals surface area contributed by atoms with E-state index in [1.54, 1.807) is 0 Å². The SMILES string of the molecule is Cc1cc(C)c(NC(=O)N2CCN(CCN(C)C)CC2)c(Cl)c1. The van der Waals surface area contributed by atoms with E-state index >= 15 is 0 Å². The van der Waals surface area contributed by atoms with Crippen molar-refractivity contribution in [1.82, 2.24) is 14.7 Å². The highest BCUT2D eigenvalue weighted by Gasteiger charge is 2.22. The maximum atomic E-state index is 12.5. The van der Waals surface area contributed by atoms with Crippen molar-refractivity contribution in [2.75, 3.05) is 58.7 Å². The minimum atomic E-state index is -0.0638. The molecule has 2 amide bonds. The number of carbonyl (C=O) groups is 1. The van der Waals surface area contributed by atoms with Crippen molar-refractivity contribution in [3.8, 4) is 0 Å². The highest BCUT2D eigenvalue weighted by atomic mass is 35.5. The lowest BCUT2D eigenvalue weighted by Gasteiger charge is -2.35. The molecular formula is C17H27ClN4O. The van der Waals surface area contributed by atoms with Crippen LogP contribution in [0, 0.1) is 13.8 Å². The van der Waals surface area contributed by atoms with Gasteiger partial charge in [0.05, 0.1) is 10.7 Å². The first-order valence-corrected chi connectivity index (χ1v) is 8.44. The summed E-state index contributed by atoms with van der Waals surface area (Å²) in [7, 11) is 4.16. The monoisotopic (exact) mass is 338 g/mol. The molecule has 1 saturated heterocycles. The van der Waals surface area contributed by atoms with Gasteiger partial charge in [-0.1, -0.05) is 17.7 Å². The molecule has 0 radical (unpaired) electrons. The quantitative estimate of drug-likeness (QED) is 0.917. The molecule has 0 spiro atoms. The first-order valence-electron chi connectivity index (χ1n) is 8.06. The largest absolute Gasteiger partial charge is 0.322 e. The Morgan fingerprint density at radius 1 is 1.22 bits per heavy atom. The van der Waals surface area contributed by atoms with E-state index in [0.29, 0.717) is 5.02 Å². The fourth-order valence-corrected chi connectivity index (χ4v) is 3.14. The van der Waals surface area contributed by atoms with Gasteiger partial charge in [-0.05, 0) is 45.1 Å². The molecule has 5 nitrogen and oxygen atoms in total. The van der Waals surface area contributed by atoms with Gasteiger partial charge in [0.1, 0.15) is 0 Å². The molecule has 1 aromatic rings. The van der Waals surface area contributed by atoms with Crippen LogP contribution in [-0.4, -0.2) is 74.1 Å². The predicted molar refractivity (Wildman–Crippen MR) is 96.5 cm³/mol. The third-order valence-corrected chi connectivity index (χ3v) is 4.48. The Morgan fingerprint density at radius 3 is 2.43 bits per heavy atom.